The summed E-state index contributed by atoms with van der Waals surface area (Å²) in [7, 11) is 0. The summed E-state index contributed by atoms with van der Waals surface area (Å²) in [6.45, 7) is 0. The molecule has 0 aliphatic carbocycles. The van der Waals surface area contributed by atoms with Crippen molar-refractivity contribution in [3.8, 4) is 0 Å². The Kier molecular flexibility index (Phi) is 4.55. The summed E-state index contributed by atoms with van der Waals surface area (Å²) in [4.78, 5) is 22.7. The molecule has 122 valence electrons. The van der Waals surface area contributed by atoms with E-state index in [4.69, 9.17) is 23.2 Å². The van der Waals surface area contributed by atoms with E-state index in [1.807, 2.05) is 18.2 Å². The number of carbonyl (C=O) groups is 1. The highest BCUT2D eigenvalue weighted by Crippen LogP contribution is 2.35. The van der Waals surface area contributed by atoms with Gasteiger partial charge in [0.25, 0.3) is 11.6 Å². The number of anilines is 1. The van der Waals surface area contributed by atoms with Crippen molar-refractivity contribution in [1.29, 1.82) is 0 Å². The highest BCUT2D eigenvalue weighted by Gasteiger charge is 2.24. The number of nitro benzene ring substituents is 1. The van der Waals surface area contributed by atoms with Crippen molar-refractivity contribution >= 4 is 52.1 Å². The molecule has 1 aliphatic rings. The molecule has 1 amide bonds. The normalized spacial score (nSPS) is 14.6. The Hall–Kier alpha value is -2.37. The molecular formula is C17H12Cl2N2O3. The molecule has 0 aromatic heterocycles. The summed E-state index contributed by atoms with van der Waals surface area (Å²) in [5.41, 5.74) is 3.30. The van der Waals surface area contributed by atoms with Crippen molar-refractivity contribution in [2.24, 2.45) is 0 Å². The maximum absolute atomic E-state index is 12.2. The van der Waals surface area contributed by atoms with E-state index in [0.717, 1.165) is 11.1 Å². The summed E-state index contributed by atoms with van der Waals surface area (Å²) in [6, 6.07) is 10.1. The number of halogens is 2. The number of aryl methyl sites for hydroxylation is 1. The Balaban J connectivity index is 2.06. The molecule has 0 radical (unpaired) electrons. The molecule has 2 aromatic rings. The van der Waals surface area contributed by atoms with Crippen molar-refractivity contribution in [3.05, 3.63) is 68.2 Å². The van der Waals surface area contributed by atoms with Gasteiger partial charge < -0.3 is 5.32 Å². The zero-order valence-corrected chi connectivity index (χ0v) is 13.9. The summed E-state index contributed by atoms with van der Waals surface area (Å²) >= 11 is 11.6. The number of fused-ring (bicyclic) bond motifs is 1. The van der Waals surface area contributed by atoms with Crippen LogP contribution in [0.4, 0.5) is 11.4 Å². The Morgan fingerprint density at radius 3 is 2.71 bits per heavy atom. The van der Waals surface area contributed by atoms with Crippen molar-refractivity contribution in [3.63, 3.8) is 0 Å². The largest absolute Gasteiger partial charge is 0.321 e. The quantitative estimate of drug-likeness (QED) is 0.376. The number of hydrogen-bond donors (Lipinski definition) is 1. The van der Waals surface area contributed by atoms with E-state index < -0.39 is 4.92 Å². The van der Waals surface area contributed by atoms with Crippen molar-refractivity contribution < 1.29 is 9.72 Å². The maximum Gasteiger partial charge on any atom is 0.288 e. The minimum atomic E-state index is -0.550. The third-order valence-electron chi connectivity index (χ3n) is 3.73. The molecule has 0 spiro atoms. The first-order valence-electron chi connectivity index (χ1n) is 7.16. The van der Waals surface area contributed by atoms with Crippen LogP contribution in [0.3, 0.4) is 0 Å². The number of carbonyl (C=O) groups excluding carboxylic acids is 1. The SMILES string of the molecule is O=C1Nc2ccc(CCCl)cc2C1=Cc1ccc(Cl)c([N+](=O)[O-])c1. The van der Waals surface area contributed by atoms with E-state index in [9.17, 15) is 14.9 Å². The molecule has 0 atom stereocenters. The molecule has 0 fully saturated rings. The van der Waals surface area contributed by atoms with Gasteiger partial charge in [0.15, 0.2) is 0 Å². The summed E-state index contributed by atoms with van der Waals surface area (Å²) in [6.07, 6.45) is 2.32. The number of hydrogen-bond acceptors (Lipinski definition) is 3. The lowest BCUT2D eigenvalue weighted by atomic mass is 10.0. The van der Waals surface area contributed by atoms with Gasteiger partial charge in [-0.3, -0.25) is 14.9 Å². The molecule has 0 unspecified atom stereocenters. The number of nitro groups is 1. The molecule has 7 heteroatoms. The summed E-state index contributed by atoms with van der Waals surface area (Å²) in [5, 5.41) is 13.8. The van der Waals surface area contributed by atoms with Crippen LogP contribution in [0.25, 0.3) is 11.6 Å². The number of rotatable bonds is 4. The van der Waals surface area contributed by atoms with Crippen molar-refractivity contribution in [2.45, 2.75) is 6.42 Å². The van der Waals surface area contributed by atoms with Crippen LogP contribution in [0.5, 0.6) is 0 Å². The van der Waals surface area contributed by atoms with Crippen LogP contribution < -0.4 is 5.32 Å². The molecule has 0 saturated carbocycles. The first-order chi connectivity index (χ1) is 11.5. The Labute approximate surface area is 148 Å². The zero-order chi connectivity index (χ0) is 17.3. The first-order valence-corrected chi connectivity index (χ1v) is 8.07. The molecule has 1 heterocycles. The van der Waals surface area contributed by atoms with Crippen LogP contribution in [0.2, 0.25) is 5.02 Å². The molecule has 24 heavy (non-hydrogen) atoms. The van der Waals surface area contributed by atoms with E-state index in [1.165, 1.54) is 12.1 Å². The minimum Gasteiger partial charge on any atom is -0.321 e. The van der Waals surface area contributed by atoms with E-state index in [2.05, 4.69) is 5.32 Å². The highest BCUT2D eigenvalue weighted by molar-refractivity contribution is 6.35. The van der Waals surface area contributed by atoms with Crippen LogP contribution in [0, 0.1) is 10.1 Å². The number of nitrogens with one attached hydrogen (secondary N) is 1. The van der Waals surface area contributed by atoms with Gasteiger partial charge in [0.05, 0.1) is 4.92 Å². The van der Waals surface area contributed by atoms with Gasteiger partial charge in [0, 0.05) is 28.8 Å². The summed E-state index contributed by atoms with van der Waals surface area (Å²) in [5.74, 6) is 0.244. The lowest BCUT2D eigenvalue weighted by Gasteiger charge is -2.03. The van der Waals surface area contributed by atoms with Crippen molar-refractivity contribution in [1.82, 2.24) is 0 Å². The number of benzene rings is 2. The van der Waals surface area contributed by atoms with E-state index in [1.54, 1.807) is 12.1 Å². The topological polar surface area (TPSA) is 72.2 Å². The molecule has 1 N–H and O–H groups in total. The molecule has 5 nitrogen and oxygen atoms in total. The lowest BCUT2D eigenvalue weighted by Crippen LogP contribution is -2.03. The maximum atomic E-state index is 12.2. The monoisotopic (exact) mass is 362 g/mol. The van der Waals surface area contributed by atoms with E-state index in [-0.39, 0.29) is 16.6 Å². The van der Waals surface area contributed by atoms with E-state index >= 15 is 0 Å². The Morgan fingerprint density at radius 2 is 2.00 bits per heavy atom. The van der Waals surface area contributed by atoms with E-state index in [0.29, 0.717) is 29.1 Å². The first kappa shape index (κ1) is 16.5. The van der Waals surface area contributed by atoms with Gasteiger partial charge in [-0.15, -0.1) is 11.6 Å². The van der Waals surface area contributed by atoms with Gasteiger partial charge in [-0.05, 0) is 41.8 Å². The fourth-order valence-corrected chi connectivity index (χ4v) is 2.97. The van der Waals surface area contributed by atoms with Gasteiger partial charge in [-0.1, -0.05) is 23.7 Å². The predicted octanol–water partition coefficient (Wildman–Crippen LogP) is 4.52. The van der Waals surface area contributed by atoms with Crippen LogP contribution in [0.15, 0.2) is 36.4 Å². The van der Waals surface area contributed by atoms with Gasteiger partial charge in [0.2, 0.25) is 0 Å². The molecule has 2 aromatic carbocycles. The van der Waals surface area contributed by atoms with Gasteiger partial charge >= 0.3 is 0 Å². The third-order valence-corrected chi connectivity index (χ3v) is 4.24. The van der Waals surface area contributed by atoms with Gasteiger partial charge in [-0.2, -0.15) is 0 Å². The third kappa shape index (κ3) is 3.13. The smallest absolute Gasteiger partial charge is 0.288 e. The highest BCUT2D eigenvalue weighted by atomic mass is 35.5. The van der Waals surface area contributed by atoms with Crippen LogP contribution in [-0.2, 0) is 11.2 Å². The number of alkyl halides is 1. The standard InChI is InChI=1S/C17H12Cl2N2O3/c18-6-5-10-2-4-15-12(7-10)13(17(22)20-15)8-11-1-3-14(19)16(9-11)21(23)24/h1-4,7-9H,5-6H2,(H,20,22). The average molecular weight is 363 g/mol. The second-order valence-electron chi connectivity index (χ2n) is 5.30. The van der Waals surface area contributed by atoms with Crippen LogP contribution in [0.1, 0.15) is 16.7 Å². The molecule has 3 rings (SSSR count). The fourth-order valence-electron chi connectivity index (χ4n) is 2.57. The van der Waals surface area contributed by atoms with Crippen LogP contribution >= 0.6 is 23.2 Å². The minimum absolute atomic E-state index is 0.0582. The average Bonchev–Trinajstić information content (AvgIpc) is 2.85. The van der Waals surface area contributed by atoms with Crippen LogP contribution in [-0.4, -0.2) is 16.7 Å². The predicted molar refractivity (Wildman–Crippen MR) is 95.5 cm³/mol. The molecule has 0 bridgehead atoms. The Morgan fingerprint density at radius 1 is 1.21 bits per heavy atom. The molecule has 1 aliphatic heterocycles. The second kappa shape index (κ2) is 6.63. The summed E-state index contributed by atoms with van der Waals surface area (Å²) < 4.78 is 0. The fraction of sp³-hybridized carbons (Fsp3) is 0.118. The molecule has 0 saturated heterocycles. The zero-order valence-electron chi connectivity index (χ0n) is 12.4. The lowest BCUT2D eigenvalue weighted by molar-refractivity contribution is -0.384. The number of amides is 1. The second-order valence-corrected chi connectivity index (χ2v) is 6.08. The number of nitrogens with zero attached hydrogens (tertiary/aromatic N) is 1. The molecular weight excluding hydrogens is 351 g/mol. The van der Waals surface area contributed by atoms with Crippen molar-refractivity contribution in [2.75, 3.05) is 11.2 Å². The van der Waals surface area contributed by atoms with Gasteiger partial charge in [0.1, 0.15) is 5.02 Å². The van der Waals surface area contributed by atoms with Gasteiger partial charge in [-0.25, -0.2) is 0 Å². The Bertz CT molecular complexity index is 878.